The molecule has 2 N–H and O–H groups in total. The summed E-state index contributed by atoms with van der Waals surface area (Å²) in [4.78, 5) is 27.4. The molecule has 4 rings (SSSR count). The molecule has 0 aliphatic heterocycles. The summed E-state index contributed by atoms with van der Waals surface area (Å²) in [6.45, 7) is 1.38. The van der Waals surface area contributed by atoms with E-state index in [2.05, 4.69) is 34.5 Å². The SMILES string of the molecule is CSCC[C@H](NC(=O)c1ccc(CN(Cc2ccccc2)c2ccccc2)cc1-c1ccccc1)C(=O)O. The van der Waals surface area contributed by atoms with Gasteiger partial charge in [0.15, 0.2) is 0 Å². The fourth-order valence-electron chi connectivity index (χ4n) is 4.37. The number of hydrogen-bond acceptors (Lipinski definition) is 4. The van der Waals surface area contributed by atoms with Crippen LogP contribution in [0.1, 0.15) is 27.9 Å². The van der Waals surface area contributed by atoms with Crippen molar-refractivity contribution in [2.45, 2.75) is 25.6 Å². The third-order valence-electron chi connectivity index (χ3n) is 6.34. The number of rotatable bonds is 12. The van der Waals surface area contributed by atoms with E-state index < -0.39 is 12.0 Å². The second kappa shape index (κ2) is 13.5. The average Bonchev–Trinajstić information content (AvgIpc) is 2.96. The van der Waals surface area contributed by atoms with E-state index in [-0.39, 0.29) is 5.91 Å². The van der Waals surface area contributed by atoms with Crippen LogP contribution in [0.3, 0.4) is 0 Å². The predicted octanol–water partition coefficient (Wildman–Crippen LogP) is 6.50. The molecule has 0 saturated heterocycles. The maximum atomic E-state index is 13.3. The smallest absolute Gasteiger partial charge is 0.326 e. The minimum atomic E-state index is -1.02. The lowest BCUT2D eigenvalue weighted by atomic mass is 9.96. The molecule has 1 amide bonds. The van der Waals surface area contributed by atoms with Gasteiger partial charge in [0.1, 0.15) is 6.04 Å². The average molecular weight is 525 g/mol. The van der Waals surface area contributed by atoms with Crippen LogP contribution in [0.25, 0.3) is 11.1 Å². The van der Waals surface area contributed by atoms with Gasteiger partial charge in [-0.05, 0) is 64.9 Å². The van der Waals surface area contributed by atoms with Crippen LogP contribution >= 0.6 is 11.8 Å². The van der Waals surface area contributed by atoms with Gasteiger partial charge < -0.3 is 15.3 Å². The molecule has 4 aromatic carbocycles. The third-order valence-corrected chi connectivity index (χ3v) is 6.98. The highest BCUT2D eigenvalue weighted by Crippen LogP contribution is 2.28. The first-order valence-corrected chi connectivity index (χ1v) is 14.0. The van der Waals surface area contributed by atoms with Crippen LogP contribution in [0.4, 0.5) is 5.69 Å². The standard InChI is InChI=1S/C32H32N2O3S/c1-38-20-19-30(32(36)37)33-31(35)28-18-17-25(21-29(28)26-13-7-3-8-14-26)23-34(27-15-9-4-10-16-27)22-24-11-5-2-6-12-24/h2-18,21,30H,19-20,22-23H2,1H3,(H,33,35)(H,36,37)/t30-/m0/s1. The zero-order chi connectivity index (χ0) is 26.7. The van der Waals surface area contributed by atoms with Gasteiger partial charge in [-0.25, -0.2) is 4.79 Å². The topological polar surface area (TPSA) is 69.6 Å². The Hall–Kier alpha value is -4.03. The maximum Gasteiger partial charge on any atom is 0.326 e. The Kier molecular flexibility index (Phi) is 9.59. The Morgan fingerprint density at radius 3 is 2.05 bits per heavy atom. The number of benzene rings is 4. The van der Waals surface area contributed by atoms with Crippen LogP contribution in [-0.2, 0) is 17.9 Å². The van der Waals surface area contributed by atoms with E-state index in [1.807, 2.05) is 91.2 Å². The summed E-state index contributed by atoms with van der Waals surface area (Å²) in [6.07, 6.45) is 2.29. The fourth-order valence-corrected chi connectivity index (χ4v) is 4.85. The summed E-state index contributed by atoms with van der Waals surface area (Å²) >= 11 is 1.56. The Morgan fingerprint density at radius 2 is 1.42 bits per heavy atom. The molecular weight excluding hydrogens is 492 g/mol. The Labute approximate surface area is 228 Å². The lowest BCUT2D eigenvalue weighted by Gasteiger charge is -2.26. The first kappa shape index (κ1) is 27.0. The van der Waals surface area contributed by atoms with Crippen molar-refractivity contribution in [1.29, 1.82) is 0 Å². The van der Waals surface area contributed by atoms with Crippen LogP contribution in [0.2, 0.25) is 0 Å². The highest BCUT2D eigenvalue weighted by atomic mass is 32.2. The first-order valence-electron chi connectivity index (χ1n) is 12.6. The number of aliphatic carboxylic acids is 1. The summed E-state index contributed by atoms with van der Waals surface area (Å²) in [5.41, 5.74) is 5.52. The van der Waals surface area contributed by atoms with E-state index in [1.54, 1.807) is 11.8 Å². The van der Waals surface area contributed by atoms with Crippen molar-refractivity contribution in [3.63, 3.8) is 0 Å². The van der Waals surface area contributed by atoms with E-state index in [0.717, 1.165) is 28.9 Å². The van der Waals surface area contributed by atoms with Gasteiger partial charge in [0, 0.05) is 24.3 Å². The summed E-state index contributed by atoms with van der Waals surface area (Å²) in [7, 11) is 0. The van der Waals surface area contributed by atoms with Crippen molar-refractivity contribution >= 4 is 29.3 Å². The third kappa shape index (κ3) is 7.26. The van der Waals surface area contributed by atoms with Crippen LogP contribution < -0.4 is 10.2 Å². The van der Waals surface area contributed by atoms with Gasteiger partial charge in [0.25, 0.3) is 5.91 Å². The minimum Gasteiger partial charge on any atom is -0.480 e. The molecule has 5 nitrogen and oxygen atoms in total. The van der Waals surface area contributed by atoms with Crippen LogP contribution in [0.5, 0.6) is 0 Å². The van der Waals surface area contributed by atoms with Crippen molar-refractivity contribution in [3.05, 3.63) is 126 Å². The van der Waals surface area contributed by atoms with E-state index in [9.17, 15) is 14.7 Å². The highest BCUT2D eigenvalue weighted by molar-refractivity contribution is 7.98. The quantitative estimate of drug-likeness (QED) is 0.222. The second-order valence-corrected chi connectivity index (χ2v) is 10.1. The number of thioether (sulfide) groups is 1. The van der Waals surface area contributed by atoms with Crippen molar-refractivity contribution in [1.82, 2.24) is 5.32 Å². The second-order valence-electron chi connectivity index (χ2n) is 9.07. The molecule has 0 aliphatic carbocycles. The lowest BCUT2D eigenvalue weighted by molar-refractivity contribution is -0.139. The van der Waals surface area contributed by atoms with Crippen LogP contribution in [0.15, 0.2) is 109 Å². The molecule has 0 heterocycles. The summed E-state index contributed by atoms with van der Waals surface area (Å²) < 4.78 is 0. The van der Waals surface area contributed by atoms with Gasteiger partial charge in [-0.1, -0.05) is 84.9 Å². The van der Waals surface area contributed by atoms with E-state index in [1.165, 1.54) is 5.56 Å². The molecule has 0 radical (unpaired) electrons. The normalized spacial score (nSPS) is 11.5. The largest absolute Gasteiger partial charge is 0.480 e. The number of carboxylic acids is 1. The number of hydrogen-bond donors (Lipinski definition) is 2. The van der Waals surface area contributed by atoms with E-state index in [0.29, 0.717) is 24.3 Å². The first-order chi connectivity index (χ1) is 18.5. The number of carbonyl (C=O) groups is 2. The molecule has 1 atom stereocenters. The van der Waals surface area contributed by atoms with Crippen molar-refractivity contribution in [3.8, 4) is 11.1 Å². The minimum absolute atomic E-state index is 0.368. The molecule has 194 valence electrons. The van der Waals surface area contributed by atoms with Gasteiger partial charge in [-0.2, -0.15) is 11.8 Å². The number of nitrogens with zero attached hydrogens (tertiary/aromatic N) is 1. The van der Waals surface area contributed by atoms with Gasteiger partial charge >= 0.3 is 5.97 Å². The molecule has 0 saturated carbocycles. The number of carboxylic acid groups (broad SMARTS) is 1. The van der Waals surface area contributed by atoms with Crippen molar-refractivity contribution in [2.75, 3.05) is 16.9 Å². The van der Waals surface area contributed by atoms with Gasteiger partial charge in [-0.3, -0.25) is 4.79 Å². The monoisotopic (exact) mass is 524 g/mol. The molecule has 38 heavy (non-hydrogen) atoms. The fraction of sp³-hybridized carbons (Fsp3) is 0.188. The Balaban J connectivity index is 1.66. The lowest BCUT2D eigenvalue weighted by Crippen LogP contribution is -2.41. The zero-order valence-electron chi connectivity index (χ0n) is 21.4. The molecule has 0 bridgehead atoms. The van der Waals surface area contributed by atoms with Crippen molar-refractivity contribution in [2.24, 2.45) is 0 Å². The molecule has 0 fully saturated rings. The van der Waals surface area contributed by atoms with Gasteiger partial charge in [0.2, 0.25) is 0 Å². The molecule has 4 aromatic rings. The van der Waals surface area contributed by atoms with E-state index >= 15 is 0 Å². The van der Waals surface area contributed by atoms with E-state index in [4.69, 9.17) is 0 Å². The number of carbonyl (C=O) groups excluding carboxylic acids is 1. The summed E-state index contributed by atoms with van der Waals surface area (Å²) in [5, 5.41) is 12.4. The van der Waals surface area contributed by atoms with Gasteiger partial charge in [0.05, 0.1) is 0 Å². The van der Waals surface area contributed by atoms with Crippen LogP contribution in [0, 0.1) is 0 Å². The summed E-state index contributed by atoms with van der Waals surface area (Å²) in [6, 6.07) is 35.3. The van der Waals surface area contributed by atoms with Gasteiger partial charge in [-0.15, -0.1) is 0 Å². The van der Waals surface area contributed by atoms with Crippen LogP contribution in [-0.4, -0.2) is 35.0 Å². The van der Waals surface area contributed by atoms with Crippen molar-refractivity contribution < 1.29 is 14.7 Å². The molecule has 0 spiro atoms. The number of para-hydroxylation sites is 1. The molecule has 0 aromatic heterocycles. The molecule has 0 unspecified atom stereocenters. The molecular formula is C32H32N2O3S. The predicted molar refractivity (Wildman–Crippen MR) is 157 cm³/mol. The molecule has 6 heteroatoms. The number of nitrogens with one attached hydrogen (secondary N) is 1. The number of amides is 1. The molecule has 0 aliphatic rings. The Bertz CT molecular complexity index is 1330. The number of anilines is 1. The highest BCUT2D eigenvalue weighted by Gasteiger charge is 2.22. The summed E-state index contributed by atoms with van der Waals surface area (Å²) in [5.74, 6) is -0.754. The maximum absolute atomic E-state index is 13.3. The zero-order valence-corrected chi connectivity index (χ0v) is 22.2. The Morgan fingerprint density at radius 1 is 0.816 bits per heavy atom.